The molecule has 1 heterocycles. The number of hydrogen-bond acceptors (Lipinski definition) is 2. The molecule has 1 amide bonds. The molecule has 0 aliphatic rings. The number of carbonyl (C=O) groups is 1. The quantitative estimate of drug-likeness (QED) is 0.703. The highest BCUT2D eigenvalue weighted by atomic mass is 19.4. The summed E-state index contributed by atoms with van der Waals surface area (Å²) in [4.78, 5) is 13.6. The molecular weight excluding hydrogens is 213 g/mol. The van der Waals surface area contributed by atoms with Crippen LogP contribution in [0.4, 0.5) is 13.2 Å². The lowest BCUT2D eigenvalue weighted by Gasteiger charge is -2.14. The second-order valence-electron chi connectivity index (χ2n) is 2.85. The van der Waals surface area contributed by atoms with E-state index in [2.05, 4.69) is 4.98 Å². The van der Waals surface area contributed by atoms with Crippen LogP contribution in [0.2, 0.25) is 0 Å². The molecule has 0 aliphatic heterocycles. The smallest absolute Gasteiger partial charge is 0.382 e. The molecule has 0 saturated carbocycles. The van der Waals surface area contributed by atoms with Crippen molar-refractivity contribution in [3.05, 3.63) is 24.0 Å². The number of aliphatic hydroxyl groups excluding tert-OH is 1. The van der Waals surface area contributed by atoms with E-state index >= 15 is 0 Å². The van der Waals surface area contributed by atoms with Crippen molar-refractivity contribution in [1.29, 1.82) is 0 Å². The molecule has 0 bridgehead atoms. The molecule has 0 aliphatic carbocycles. The van der Waals surface area contributed by atoms with Crippen molar-refractivity contribution in [3.63, 3.8) is 0 Å². The Balaban J connectivity index is 2.42. The molecule has 3 N–H and O–H groups in total. The Morgan fingerprint density at radius 1 is 1.60 bits per heavy atom. The second kappa shape index (κ2) is 4.35. The van der Waals surface area contributed by atoms with Gasteiger partial charge in [0.2, 0.25) is 0 Å². The predicted octanol–water partition coefficient (Wildman–Crippen LogP) is 0.668. The van der Waals surface area contributed by atoms with Crippen LogP contribution in [-0.2, 0) is 0 Å². The van der Waals surface area contributed by atoms with E-state index in [1.165, 1.54) is 18.3 Å². The van der Waals surface area contributed by atoms with Crippen LogP contribution in [0, 0.1) is 0 Å². The second-order valence-corrected chi connectivity index (χ2v) is 2.85. The maximum absolute atomic E-state index is 11.8. The van der Waals surface area contributed by atoms with Gasteiger partial charge in [-0.2, -0.15) is 13.2 Å². The van der Waals surface area contributed by atoms with E-state index < -0.39 is 24.7 Å². The van der Waals surface area contributed by atoms with Crippen molar-refractivity contribution in [2.75, 3.05) is 6.54 Å². The summed E-state index contributed by atoms with van der Waals surface area (Å²) >= 11 is 0. The minimum Gasteiger partial charge on any atom is -0.382 e. The SMILES string of the molecule is O=C(NCC(O)C(F)(F)F)c1ccc[nH]1. The van der Waals surface area contributed by atoms with Crippen LogP contribution in [0.25, 0.3) is 0 Å². The summed E-state index contributed by atoms with van der Waals surface area (Å²) in [6.45, 7) is -0.860. The number of alkyl halides is 3. The fraction of sp³-hybridized carbons (Fsp3) is 0.375. The number of nitrogens with one attached hydrogen (secondary N) is 2. The Morgan fingerprint density at radius 3 is 2.73 bits per heavy atom. The maximum atomic E-state index is 11.8. The number of aliphatic hydroxyl groups is 1. The first-order valence-corrected chi connectivity index (χ1v) is 4.07. The van der Waals surface area contributed by atoms with Gasteiger partial charge in [0.25, 0.3) is 5.91 Å². The van der Waals surface area contributed by atoms with Crippen molar-refractivity contribution in [2.45, 2.75) is 12.3 Å². The van der Waals surface area contributed by atoms with Crippen LogP contribution in [0.1, 0.15) is 10.5 Å². The average Bonchev–Trinajstić information content (AvgIpc) is 2.64. The van der Waals surface area contributed by atoms with Crippen LogP contribution in [0.3, 0.4) is 0 Å². The average molecular weight is 222 g/mol. The van der Waals surface area contributed by atoms with Gasteiger partial charge in [-0.3, -0.25) is 4.79 Å². The van der Waals surface area contributed by atoms with E-state index in [4.69, 9.17) is 5.11 Å². The largest absolute Gasteiger partial charge is 0.416 e. The zero-order valence-electron chi connectivity index (χ0n) is 7.51. The van der Waals surface area contributed by atoms with Gasteiger partial charge in [0, 0.05) is 6.20 Å². The van der Waals surface area contributed by atoms with Gasteiger partial charge in [0.15, 0.2) is 6.10 Å². The van der Waals surface area contributed by atoms with Crippen molar-refractivity contribution in [2.24, 2.45) is 0 Å². The van der Waals surface area contributed by atoms with Crippen molar-refractivity contribution < 1.29 is 23.1 Å². The summed E-state index contributed by atoms with van der Waals surface area (Å²) in [6, 6.07) is 2.95. The molecule has 4 nitrogen and oxygen atoms in total. The van der Waals surface area contributed by atoms with Crippen molar-refractivity contribution in [1.82, 2.24) is 10.3 Å². The maximum Gasteiger partial charge on any atom is 0.416 e. The third-order valence-electron chi connectivity index (χ3n) is 1.68. The lowest BCUT2D eigenvalue weighted by atomic mass is 10.3. The summed E-state index contributed by atoms with van der Waals surface area (Å²) in [6.07, 6.45) is -5.80. The molecule has 1 atom stereocenters. The van der Waals surface area contributed by atoms with Crippen LogP contribution >= 0.6 is 0 Å². The van der Waals surface area contributed by atoms with E-state index in [1.807, 2.05) is 5.32 Å². The van der Waals surface area contributed by atoms with Crippen LogP contribution in [0.5, 0.6) is 0 Å². The van der Waals surface area contributed by atoms with E-state index in [0.29, 0.717) is 0 Å². The Labute approximate surface area is 83.1 Å². The van der Waals surface area contributed by atoms with E-state index in [-0.39, 0.29) is 5.69 Å². The molecule has 0 fully saturated rings. The van der Waals surface area contributed by atoms with E-state index in [9.17, 15) is 18.0 Å². The number of carbonyl (C=O) groups excluding carboxylic acids is 1. The Hall–Kier alpha value is -1.50. The third kappa shape index (κ3) is 3.28. The number of aromatic amines is 1. The number of aromatic nitrogens is 1. The molecule has 0 spiro atoms. The topological polar surface area (TPSA) is 65.1 Å². The van der Waals surface area contributed by atoms with Crippen LogP contribution in [0.15, 0.2) is 18.3 Å². The standard InChI is InChI=1S/C8H9F3N2O2/c9-8(10,11)6(14)4-13-7(15)5-2-1-3-12-5/h1-3,6,12,14H,4H2,(H,13,15). The monoisotopic (exact) mass is 222 g/mol. The van der Waals surface area contributed by atoms with Gasteiger partial charge in [-0.25, -0.2) is 0 Å². The fourth-order valence-corrected chi connectivity index (χ4v) is 0.872. The lowest BCUT2D eigenvalue weighted by Crippen LogP contribution is -2.40. The molecule has 15 heavy (non-hydrogen) atoms. The highest BCUT2D eigenvalue weighted by molar-refractivity contribution is 5.92. The molecule has 0 radical (unpaired) electrons. The first kappa shape index (κ1) is 11.6. The fourth-order valence-electron chi connectivity index (χ4n) is 0.872. The normalized spacial score (nSPS) is 13.6. The van der Waals surface area contributed by atoms with Crippen molar-refractivity contribution >= 4 is 5.91 Å². The lowest BCUT2D eigenvalue weighted by molar-refractivity contribution is -0.201. The summed E-state index contributed by atoms with van der Waals surface area (Å²) < 4.78 is 35.5. The Kier molecular flexibility index (Phi) is 3.35. The predicted molar refractivity (Wildman–Crippen MR) is 45.2 cm³/mol. The third-order valence-corrected chi connectivity index (χ3v) is 1.68. The molecule has 0 saturated heterocycles. The molecular formula is C8H9F3N2O2. The van der Waals surface area contributed by atoms with Gasteiger partial charge in [-0.05, 0) is 12.1 Å². The highest BCUT2D eigenvalue weighted by Crippen LogP contribution is 2.19. The van der Waals surface area contributed by atoms with Gasteiger partial charge >= 0.3 is 6.18 Å². The zero-order chi connectivity index (χ0) is 11.5. The van der Waals surface area contributed by atoms with E-state index in [1.54, 1.807) is 0 Å². The van der Waals surface area contributed by atoms with Gasteiger partial charge in [0.05, 0.1) is 6.54 Å². The number of amides is 1. The minimum absolute atomic E-state index is 0.143. The molecule has 1 unspecified atom stereocenters. The number of hydrogen-bond donors (Lipinski definition) is 3. The number of rotatable bonds is 3. The summed E-state index contributed by atoms with van der Waals surface area (Å²) in [5.74, 6) is -0.691. The molecule has 1 aromatic heterocycles. The summed E-state index contributed by atoms with van der Waals surface area (Å²) in [5, 5.41) is 10.5. The van der Waals surface area contributed by atoms with E-state index in [0.717, 1.165) is 0 Å². The van der Waals surface area contributed by atoms with Crippen LogP contribution < -0.4 is 5.32 Å². The Bertz CT molecular complexity index is 321. The van der Waals surface area contributed by atoms with Gasteiger partial charge in [-0.1, -0.05) is 0 Å². The van der Waals surface area contributed by atoms with Gasteiger partial charge in [-0.15, -0.1) is 0 Å². The zero-order valence-corrected chi connectivity index (χ0v) is 7.51. The van der Waals surface area contributed by atoms with Crippen molar-refractivity contribution in [3.8, 4) is 0 Å². The van der Waals surface area contributed by atoms with Crippen LogP contribution in [-0.4, -0.2) is 34.8 Å². The first-order chi connectivity index (χ1) is 6.91. The molecule has 0 aromatic carbocycles. The van der Waals surface area contributed by atoms with Gasteiger partial charge < -0.3 is 15.4 Å². The molecule has 1 rings (SSSR count). The summed E-state index contributed by atoms with van der Waals surface area (Å²) in [7, 11) is 0. The number of H-pyrrole nitrogens is 1. The first-order valence-electron chi connectivity index (χ1n) is 4.07. The molecule has 7 heteroatoms. The molecule has 84 valence electrons. The number of halogens is 3. The minimum atomic E-state index is -4.72. The molecule has 1 aromatic rings. The summed E-state index contributed by atoms with van der Waals surface area (Å²) in [5.41, 5.74) is 0.143. The van der Waals surface area contributed by atoms with Gasteiger partial charge in [0.1, 0.15) is 5.69 Å². The highest BCUT2D eigenvalue weighted by Gasteiger charge is 2.38. The Morgan fingerprint density at radius 2 is 2.27 bits per heavy atom.